The number of para-hydroxylation sites is 1. The minimum Gasteiger partial charge on any atom is -0.340 e. The van der Waals surface area contributed by atoms with Crippen molar-refractivity contribution < 1.29 is 0 Å². The third-order valence-electron chi connectivity index (χ3n) is 5.96. The molecule has 0 saturated heterocycles. The van der Waals surface area contributed by atoms with E-state index in [1.165, 1.54) is 52.5 Å². The number of nitrogens with one attached hydrogen (secondary N) is 1. The summed E-state index contributed by atoms with van der Waals surface area (Å²) in [6.45, 7) is 1.87. The molecule has 0 bridgehead atoms. The van der Waals surface area contributed by atoms with Gasteiger partial charge in [0.15, 0.2) is 0 Å². The first-order chi connectivity index (χ1) is 13.9. The second-order valence-electron chi connectivity index (χ2n) is 7.76. The topological polar surface area (TPSA) is 17.0 Å². The van der Waals surface area contributed by atoms with E-state index < -0.39 is 0 Å². The molecule has 1 heterocycles. The van der Waals surface area contributed by atoms with Crippen LogP contribution in [0, 0.1) is 0 Å². The van der Waals surface area contributed by atoms with E-state index in [-0.39, 0.29) is 0 Å². The van der Waals surface area contributed by atoms with E-state index in [2.05, 4.69) is 94.8 Å². The van der Waals surface area contributed by atoms with Crippen LogP contribution in [0.3, 0.4) is 0 Å². The van der Waals surface area contributed by atoms with Gasteiger partial charge in [0.05, 0.1) is 0 Å². The van der Waals surface area contributed by atoms with Crippen molar-refractivity contribution in [1.82, 2.24) is 9.88 Å². The molecule has 1 unspecified atom stereocenters. The lowest BCUT2D eigenvalue weighted by Gasteiger charge is -2.26. The molecule has 3 aromatic carbocycles. The summed E-state index contributed by atoms with van der Waals surface area (Å²) in [7, 11) is 0. The van der Waals surface area contributed by atoms with Gasteiger partial charge in [-0.2, -0.15) is 0 Å². The van der Waals surface area contributed by atoms with E-state index in [1.807, 2.05) is 0 Å². The molecule has 0 fully saturated rings. The molecular weight excluding hydrogens is 340 g/mol. The molecule has 1 aromatic heterocycles. The van der Waals surface area contributed by atoms with Crippen molar-refractivity contribution in [3.8, 4) is 0 Å². The van der Waals surface area contributed by atoms with E-state index in [0.717, 1.165) is 13.1 Å². The van der Waals surface area contributed by atoms with E-state index in [4.69, 9.17) is 0 Å². The van der Waals surface area contributed by atoms with Gasteiger partial charge in [0.2, 0.25) is 0 Å². The fraction of sp³-hybridized carbons (Fsp3) is 0.231. The Hall–Kier alpha value is -2.84. The zero-order valence-corrected chi connectivity index (χ0v) is 16.1. The van der Waals surface area contributed by atoms with E-state index in [0.29, 0.717) is 6.04 Å². The van der Waals surface area contributed by atoms with Crippen LogP contribution in [0.2, 0.25) is 0 Å². The Kier molecular flexibility index (Phi) is 4.72. The Morgan fingerprint density at radius 1 is 0.786 bits per heavy atom. The Balaban J connectivity index is 1.53. The van der Waals surface area contributed by atoms with Gasteiger partial charge in [-0.1, -0.05) is 78.9 Å². The van der Waals surface area contributed by atoms with Crippen LogP contribution in [0.1, 0.15) is 41.3 Å². The number of hydrogen-bond acceptors (Lipinski definition) is 1. The van der Waals surface area contributed by atoms with Gasteiger partial charge in [0.25, 0.3) is 0 Å². The van der Waals surface area contributed by atoms with Gasteiger partial charge in [-0.3, -0.25) is 0 Å². The van der Waals surface area contributed by atoms with Crippen LogP contribution in [0.25, 0.3) is 10.9 Å². The molecule has 2 heteroatoms. The fourth-order valence-corrected chi connectivity index (χ4v) is 4.65. The first-order valence-electron chi connectivity index (χ1n) is 10.3. The van der Waals surface area contributed by atoms with E-state index >= 15 is 0 Å². The predicted molar refractivity (Wildman–Crippen MR) is 116 cm³/mol. The second kappa shape index (κ2) is 7.65. The molecule has 1 N–H and O–H groups in total. The van der Waals surface area contributed by atoms with Crippen LogP contribution in [0.5, 0.6) is 0 Å². The molecule has 1 atom stereocenters. The first kappa shape index (κ1) is 17.3. The highest BCUT2D eigenvalue weighted by atomic mass is 15.0. The summed E-state index contributed by atoms with van der Waals surface area (Å²) in [5, 5.41) is 5.27. The Bertz CT molecular complexity index is 1060. The standard InChI is InChI=1S/C26H26N2/c1-3-10-20(11-4-1)18-27-23-15-9-17-25-26(23)22-14-7-8-16-24(22)28(25)19-21-12-5-2-6-13-21/h1-8,10-14,16,23,27H,9,15,17-19H2. The Morgan fingerprint density at radius 3 is 2.25 bits per heavy atom. The minimum atomic E-state index is 0.422. The maximum absolute atomic E-state index is 3.85. The highest BCUT2D eigenvalue weighted by molar-refractivity contribution is 5.86. The number of hydrogen-bond donors (Lipinski definition) is 1. The number of nitrogens with zero attached hydrogens (tertiary/aromatic N) is 1. The number of rotatable bonds is 5. The summed E-state index contributed by atoms with van der Waals surface area (Å²) in [4.78, 5) is 0. The Labute approximate surface area is 166 Å². The van der Waals surface area contributed by atoms with Gasteiger partial charge in [0, 0.05) is 35.7 Å². The lowest BCUT2D eigenvalue weighted by molar-refractivity contribution is 0.453. The van der Waals surface area contributed by atoms with Crippen LogP contribution in [0.15, 0.2) is 84.9 Å². The fourth-order valence-electron chi connectivity index (χ4n) is 4.65. The third kappa shape index (κ3) is 3.25. The summed E-state index contributed by atoms with van der Waals surface area (Å²) >= 11 is 0. The van der Waals surface area contributed by atoms with Crippen molar-refractivity contribution in [2.45, 2.75) is 38.4 Å². The van der Waals surface area contributed by atoms with Crippen molar-refractivity contribution in [3.05, 3.63) is 107 Å². The zero-order valence-electron chi connectivity index (χ0n) is 16.1. The molecule has 0 spiro atoms. The molecular formula is C26H26N2. The van der Waals surface area contributed by atoms with E-state index in [9.17, 15) is 0 Å². The first-order valence-corrected chi connectivity index (χ1v) is 10.3. The van der Waals surface area contributed by atoms with Gasteiger partial charge in [-0.15, -0.1) is 0 Å². The SMILES string of the molecule is c1ccc(CNC2CCCc3c2c2ccccc2n3Cc2ccccc2)cc1. The molecule has 2 nitrogen and oxygen atoms in total. The van der Waals surface area contributed by atoms with Crippen LogP contribution >= 0.6 is 0 Å². The second-order valence-corrected chi connectivity index (χ2v) is 7.76. The third-order valence-corrected chi connectivity index (χ3v) is 5.96. The van der Waals surface area contributed by atoms with Crippen molar-refractivity contribution in [3.63, 3.8) is 0 Å². The largest absolute Gasteiger partial charge is 0.340 e. The van der Waals surface area contributed by atoms with Crippen LogP contribution in [-0.2, 0) is 19.5 Å². The average Bonchev–Trinajstić information content (AvgIpc) is 3.08. The van der Waals surface area contributed by atoms with Gasteiger partial charge < -0.3 is 9.88 Å². The van der Waals surface area contributed by atoms with Crippen molar-refractivity contribution >= 4 is 10.9 Å². The van der Waals surface area contributed by atoms with Gasteiger partial charge in [0.1, 0.15) is 0 Å². The monoisotopic (exact) mass is 366 g/mol. The van der Waals surface area contributed by atoms with Crippen LogP contribution in [-0.4, -0.2) is 4.57 Å². The molecule has 1 aliphatic rings. The molecule has 28 heavy (non-hydrogen) atoms. The lowest BCUT2D eigenvalue weighted by Crippen LogP contribution is -2.25. The molecule has 0 saturated carbocycles. The van der Waals surface area contributed by atoms with Crippen molar-refractivity contribution in [1.29, 1.82) is 0 Å². The van der Waals surface area contributed by atoms with Gasteiger partial charge >= 0.3 is 0 Å². The summed E-state index contributed by atoms with van der Waals surface area (Å²) < 4.78 is 2.55. The molecule has 140 valence electrons. The smallest absolute Gasteiger partial charge is 0.0489 e. The quantitative estimate of drug-likeness (QED) is 0.468. The number of benzene rings is 3. The van der Waals surface area contributed by atoms with Crippen LogP contribution in [0.4, 0.5) is 0 Å². The van der Waals surface area contributed by atoms with Gasteiger partial charge in [-0.25, -0.2) is 0 Å². The lowest BCUT2D eigenvalue weighted by atomic mass is 9.90. The maximum atomic E-state index is 3.85. The Morgan fingerprint density at radius 2 is 1.46 bits per heavy atom. The van der Waals surface area contributed by atoms with Crippen LogP contribution < -0.4 is 5.32 Å². The number of fused-ring (bicyclic) bond motifs is 3. The molecule has 0 radical (unpaired) electrons. The maximum Gasteiger partial charge on any atom is 0.0489 e. The molecule has 1 aliphatic carbocycles. The summed E-state index contributed by atoms with van der Waals surface area (Å²) in [5.41, 5.74) is 7.12. The summed E-state index contributed by atoms with van der Waals surface area (Å²) in [5.74, 6) is 0. The summed E-state index contributed by atoms with van der Waals surface area (Å²) in [6, 6.07) is 30.9. The van der Waals surface area contributed by atoms with E-state index in [1.54, 1.807) is 0 Å². The molecule has 5 rings (SSSR count). The number of aromatic nitrogens is 1. The minimum absolute atomic E-state index is 0.422. The summed E-state index contributed by atoms with van der Waals surface area (Å²) in [6.07, 6.45) is 3.62. The normalized spacial score (nSPS) is 16.2. The zero-order chi connectivity index (χ0) is 18.8. The highest BCUT2D eigenvalue weighted by Gasteiger charge is 2.27. The molecule has 0 amide bonds. The molecule has 0 aliphatic heterocycles. The highest BCUT2D eigenvalue weighted by Crippen LogP contribution is 2.38. The average molecular weight is 367 g/mol. The molecule has 4 aromatic rings. The van der Waals surface area contributed by atoms with Gasteiger partial charge in [-0.05, 0) is 42.0 Å². The predicted octanol–water partition coefficient (Wildman–Crippen LogP) is 5.86. The van der Waals surface area contributed by atoms with Crippen molar-refractivity contribution in [2.75, 3.05) is 0 Å². The van der Waals surface area contributed by atoms with Crippen molar-refractivity contribution in [2.24, 2.45) is 0 Å².